The Labute approximate surface area is 161 Å². The number of aliphatic hydroxyl groups excluding tert-OH is 1. The lowest BCUT2D eigenvalue weighted by atomic mass is 9.47. The molecule has 0 unspecified atom stereocenters. The first-order valence-corrected chi connectivity index (χ1v) is 10.3. The first-order valence-electron chi connectivity index (χ1n) is 10.3. The molecule has 0 aliphatic heterocycles. The minimum atomic E-state index is -1.64. The van der Waals surface area contributed by atoms with Crippen LogP contribution >= 0.6 is 0 Å². The zero-order valence-corrected chi connectivity index (χ0v) is 16.6. The van der Waals surface area contributed by atoms with E-state index in [9.17, 15) is 20.3 Å². The fraction of sp³-hybridized carbons (Fsp3) is 0.818. The number of nitriles is 1. The highest BCUT2D eigenvalue weighted by molar-refractivity contribution is 5.66. The smallest absolute Gasteiger partial charge is 0.302 e. The maximum absolute atomic E-state index is 11.3. The molecule has 3 saturated carbocycles. The lowest BCUT2D eigenvalue weighted by Crippen LogP contribution is -2.56. The molecule has 2 N–H and O–H groups in total. The van der Waals surface area contributed by atoms with Crippen LogP contribution in [0.1, 0.15) is 65.7 Å². The summed E-state index contributed by atoms with van der Waals surface area (Å²) in [5.74, 6) is 0.848. The highest BCUT2D eigenvalue weighted by atomic mass is 16.5. The van der Waals surface area contributed by atoms with Gasteiger partial charge >= 0.3 is 5.97 Å². The molecule has 0 radical (unpaired) electrons. The van der Waals surface area contributed by atoms with Gasteiger partial charge in [0.2, 0.25) is 0 Å². The average molecular weight is 373 g/mol. The standard InChI is InChI=1S/C22H31NO4/c1-13(24)27-15-6-8-20(2)14(10-15)4-5-16-17(20)7-9-21(3)18(16)11-19(25)22(21,26)12-23/h4,15-19,25-26H,5-11H2,1-3H3/t15-,16+,17-,18-,19-,20+,21+,22-/m1/s1. The Morgan fingerprint density at radius 2 is 2.04 bits per heavy atom. The molecule has 0 bridgehead atoms. The monoisotopic (exact) mass is 373 g/mol. The molecular formula is C22H31NO4. The third kappa shape index (κ3) is 2.46. The van der Waals surface area contributed by atoms with Crippen molar-refractivity contribution in [3.8, 4) is 6.07 Å². The summed E-state index contributed by atoms with van der Waals surface area (Å²) in [5, 5.41) is 31.1. The van der Waals surface area contributed by atoms with E-state index >= 15 is 0 Å². The molecule has 4 rings (SSSR count). The van der Waals surface area contributed by atoms with Gasteiger partial charge in [0.05, 0.1) is 6.10 Å². The van der Waals surface area contributed by atoms with E-state index in [0.717, 1.165) is 38.5 Å². The molecule has 3 fully saturated rings. The molecule has 0 aromatic heterocycles. The maximum Gasteiger partial charge on any atom is 0.302 e. The molecule has 0 aromatic rings. The van der Waals surface area contributed by atoms with Crippen molar-refractivity contribution in [1.29, 1.82) is 5.26 Å². The first-order chi connectivity index (χ1) is 12.7. The summed E-state index contributed by atoms with van der Waals surface area (Å²) in [6, 6.07) is 2.06. The van der Waals surface area contributed by atoms with Crippen molar-refractivity contribution in [3.63, 3.8) is 0 Å². The number of aliphatic hydroxyl groups is 2. The van der Waals surface area contributed by atoms with Crippen LogP contribution in [-0.2, 0) is 9.53 Å². The Morgan fingerprint density at radius 3 is 2.70 bits per heavy atom. The fourth-order valence-electron chi connectivity index (χ4n) is 7.18. The number of esters is 1. The molecule has 0 heterocycles. The second kappa shape index (κ2) is 6.06. The molecule has 0 aromatic carbocycles. The molecular weight excluding hydrogens is 342 g/mol. The quantitative estimate of drug-likeness (QED) is 0.419. The van der Waals surface area contributed by atoms with Crippen LogP contribution in [-0.4, -0.2) is 34.0 Å². The van der Waals surface area contributed by atoms with Gasteiger partial charge in [-0.15, -0.1) is 0 Å². The summed E-state index contributed by atoms with van der Waals surface area (Å²) in [5.41, 5.74) is -0.669. The van der Waals surface area contributed by atoms with Gasteiger partial charge in [0, 0.05) is 18.8 Å². The molecule has 5 nitrogen and oxygen atoms in total. The molecule has 0 saturated heterocycles. The average Bonchev–Trinajstić information content (AvgIpc) is 2.82. The molecule has 4 aliphatic carbocycles. The second-order valence-corrected chi connectivity index (χ2v) is 9.82. The fourth-order valence-corrected chi connectivity index (χ4v) is 7.18. The van der Waals surface area contributed by atoms with Crippen LogP contribution in [0.5, 0.6) is 0 Å². The predicted octanol–water partition coefficient (Wildman–Crippen LogP) is 3.11. The normalized spacial score (nSPS) is 51.3. The van der Waals surface area contributed by atoms with Crippen molar-refractivity contribution in [3.05, 3.63) is 11.6 Å². The van der Waals surface area contributed by atoms with Crippen molar-refractivity contribution >= 4 is 5.97 Å². The van der Waals surface area contributed by atoms with Crippen LogP contribution in [0.25, 0.3) is 0 Å². The van der Waals surface area contributed by atoms with Gasteiger partial charge in [-0.05, 0) is 61.7 Å². The van der Waals surface area contributed by atoms with E-state index in [1.807, 2.05) is 6.92 Å². The second-order valence-electron chi connectivity index (χ2n) is 9.82. The zero-order valence-electron chi connectivity index (χ0n) is 16.6. The number of ether oxygens (including phenoxy) is 1. The van der Waals surface area contributed by atoms with Gasteiger partial charge < -0.3 is 14.9 Å². The van der Waals surface area contributed by atoms with E-state index in [2.05, 4.69) is 19.1 Å². The van der Waals surface area contributed by atoms with Gasteiger partial charge in [-0.25, -0.2) is 0 Å². The van der Waals surface area contributed by atoms with Gasteiger partial charge in [-0.1, -0.05) is 25.5 Å². The summed E-state index contributed by atoms with van der Waals surface area (Å²) in [7, 11) is 0. The van der Waals surface area contributed by atoms with Crippen LogP contribution in [0.15, 0.2) is 11.6 Å². The maximum atomic E-state index is 11.3. The highest BCUT2D eigenvalue weighted by Crippen LogP contribution is 2.67. The number of allylic oxidation sites excluding steroid dienone is 1. The Morgan fingerprint density at radius 1 is 1.30 bits per heavy atom. The molecule has 5 heteroatoms. The number of carbonyl (C=O) groups is 1. The van der Waals surface area contributed by atoms with E-state index in [0.29, 0.717) is 18.3 Å². The van der Waals surface area contributed by atoms with Gasteiger partial charge in [0.15, 0.2) is 5.60 Å². The predicted molar refractivity (Wildman–Crippen MR) is 99.2 cm³/mol. The van der Waals surface area contributed by atoms with Gasteiger partial charge in [-0.3, -0.25) is 4.79 Å². The highest BCUT2D eigenvalue weighted by Gasteiger charge is 2.67. The summed E-state index contributed by atoms with van der Waals surface area (Å²) in [4.78, 5) is 11.3. The topological polar surface area (TPSA) is 90.6 Å². The summed E-state index contributed by atoms with van der Waals surface area (Å²) in [6.45, 7) is 5.83. The largest absolute Gasteiger partial charge is 0.462 e. The minimum Gasteiger partial charge on any atom is -0.462 e. The van der Waals surface area contributed by atoms with E-state index in [1.165, 1.54) is 12.5 Å². The lowest BCUT2D eigenvalue weighted by molar-refractivity contribution is -0.149. The number of fused-ring (bicyclic) bond motifs is 5. The van der Waals surface area contributed by atoms with Crippen LogP contribution in [0.3, 0.4) is 0 Å². The van der Waals surface area contributed by atoms with Crippen molar-refractivity contribution in [2.45, 2.75) is 83.5 Å². The molecule has 27 heavy (non-hydrogen) atoms. The van der Waals surface area contributed by atoms with Crippen molar-refractivity contribution in [2.24, 2.45) is 28.6 Å². The molecule has 0 amide bonds. The first kappa shape index (κ1) is 19.0. The molecule has 8 atom stereocenters. The van der Waals surface area contributed by atoms with Crippen LogP contribution in [0.4, 0.5) is 0 Å². The Kier molecular flexibility index (Phi) is 4.25. The Hall–Kier alpha value is -1.38. The van der Waals surface area contributed by atoms with Gasteiger partial charge in [0.25, 0.3) is 0 Å². The van der Waals surface area contributed by atoms with E-state index in [1.54, 1.807) is 0 Å². The van der Waals surface area contributed by atoms with Crippen molar-refractivity contribution in [2.75, 3.05) is 0 Å². The summed E-state index contributed by atoms with van der Waals surface area (Å²) in [6.07, 6.45) is 7.27. The third-order valence-electron chi connectivity index (χ3n) is 8.78. The van der Waals surface area contributed by atoms with Crippen LogP contribution < -0.4 is 0 Å². The number of hydrogen-bond acceptors (Lipinski definition) is 5. The summed E-state index contributed by atoms with van der Waals surface area (Å²) < 4.78 is 5.48. The Balaban J connectivity index is 1.63. The minimum absolute atomic E-state index is 0.00999. The van der Waals surface area contributed by atoms with Crippen molar-refractivity contribution in [1.82, 2.24) is 0 Å². The van der Waals surface area contributed by atoms with Crippen LogP contribution in [0.2, 0.25) is 0 Å². The van der Waals surface area contributed by atoms with Gasteiger partial charge in [-0.2, -0.15) is 5.26 Å². The van der Waals surface area contributed by atoms with Crippen molar-refractivity contribution < 1.29 is 19.7 Å². The SMILES string of the molecule is CC(=O)O[C@@H]1CC[C@@]2(C)C(=CC[C@H]3[C@H]2CC[C@@]2(C)[C@@H]3C[C@@H](O)[C@]2(O)C#N)C1. The lowest BCUT2D eigenvalue weighted by Gasteiger charge is -2.58. The molecule has 0 spiro atoms. The van der Waals surface area contributed by atoms with Crippen LogP contribution in [0, 0.1) is 39.9 Å². The number of hydrogen-bond donors (Lipinski definition) is 2. The van der Waals surface area contributed by atoms with E-state index in [4.69, 9.17) is 4.74 Å². The number of nitrogens with zero attached hydrogens (tertiary/aromatic N) is 1. The van der Waals surface area contributed by atoms with E-state index in [-0.39, 0.29) is 23.4 Å². The molecule has 148 valence electrons. The Bertz CT molecular complexity index is 726. The molecule has 4 aliphatic rings. The number of carbonyl (C=O) groups excluding carboxylic acids is 1. The number of rotatable bonds is 1. The third-order valence-corrected chi connectivity index (χ3v) is 8.78. The summed E-state index contributed by atoms with van der Waals surface area (Å²) >= 11 is 0. The van der Waals surface area contributed by atoms with Gasteiger partial charge in [0.1, 0.15) is 12.2 Å². The van der Waals surface area contributed by atoms with E-state index < -0.39 is 17.1 Å². The zero-order chi connectivity index (χ0) is 19.6.